The number of benzene rings is 1. The quantitative estimate of drug-likeness (QED) is 0.811. The van der Waals surface area contributed by atoms with Crippen molar-refractivity contribution >= 4 is 17.6 Å². The molecule has 0 aromatic heterocycles. The van der Waals surface area contributed by atoms with Crippen LogP contribution in [0.15, 0.2) is 24.3 Å². The van der Waals surface area contributed by atoms with E-state index < -0.39 is 5.97 Å². The number of carbonyl (C=O) groups excluding carboxylic acids is 1. The van der Waals surface area contributed by atoms with Crippen LogP contribution in [0, 0.1) is 5.92 Å². The summed E-state index contributed by atoms with van der Waals surface area (Å²) in [4.78, 5) is 24.7. The lowest BCUT2D eigenvalue weighted by Crippen LogP contribution is -2.39. The van der Waals surface area contributed by atoms with Gasteiger partial charge >= 0.3 is 5.97 Å². The standard InChI is InChI=1S/C16H22N2O3/c17-14-3-1-2-13(10-14)11-15(19)18-8-6-12(7-9-18)4-5-16(20)21/h1-3,10,12H,4-9,11,17H2,(H,20,21). The Morgan fingerprint density at radius 2 is 2.00 bits per heavy atom. The lowest BCUT2D eigenvalue weighted by atomic mass is 9.92. The highest BCUT2D eigenvalue weighted by molar-refractivity contribution is 5.79. The molecule has 1 amide bonds. The van der Waals surface area contributed by atoms with E-state index in [0.717, 1.165) is 31.5 Å². The second-order valence-electron chi connectivity index (χ2n) is 5.68. The lowest BCUT2D eigenvalue weighted by molar-refractivity contribution is -0.138. The predicted molar refractivity (Wildman–Crippen MR) is 80.7 cm³/mol. The molecule has 0 saturated carbocycles. The van der Waals surface area contributed by atoms with Crippen LogP contribution in [0.2, 0.25) is 0 Å². The minimum atomic E-state index is -0.741. The Kier molecular flexibility index (Phi) is 5.20. The second kappa shape index (κ2) is 7.11. The van der Waals surface area contributed by atoms with Gasteiger partial charge in [-0.05, 0) is 42.9 Å². The van der Waals surface area contributed by atoms with E-state index in [1.165, 1.54) is 0 Å². The number of nitrogens with two attached hydrogens (primary N) is 1. The maximum atomic E-state index is 12.2. The van der Waals surface area contributed by atoms with E-state index in [9.17, 15) is 9.59 Å². The first-order valence-electron chi connectivity index (χ1n) is 7.38. The second-order valence-corrected chi connectivity index (χ2v) is 5.68. The SMILES string of the molecule is Nc1cccc(CC(=O)N2CCC(CCC(=O)O)CC2)c1. The highest BCUT2D eigenvalue weighted by atomic mass is 16.4. The third kappa shape index (κ3) is 4.77. The van der Waals surface area contributed by atoms with Crippen molar-refractivity contribution in [1.82, 2.24) is 4.90 Å². The Labute approximate surface area is 124 Å². The number of rotatable bonds is 5. The van der Waals surface area contributed by atoms with Gasteiger partial charge in [-0.2, -0.15) is 0 Å². The topological polar surface area (TPSA) is 83.6 Å². The fourth-order valence-electron chi connectivity index (χ4n) is 2.79. The molecule has 1 heterocycles. The molecule has 1 aliphatic rings. The first-order chi connectivity index (χ1) is 10.0. The van der Waals surface area contributed by atoms with Crippen molar-refractivity contribution in [3.63, 3.8) is 0 Å². The zero-order valence-corrected chi connectivity index (χ0v) is 12.1. The van der Waals surface area contributed by atoms with E-state index in [0.29, 0.717) is 24.4 Å². The number of piperidine rings is 1. The molecule has 3 N–H and O–H groups in total. The van der Waals surface area contributed by atoms with Gasteiger partial charge < -0.3 is 15.7 Å². The number of likely N-dealkylation sites (tertiary alicyclic amines) is 1. The molecular weight excluding hydrogens is 268 g/mol. The van der Waals surface area contributed by atoms with E-state index in [2.05, 4.69) is 0 Å². The molecule has 0 radical (unpaired) electrons. The number of carboxylic acid groups (broad SMARTS) is 1. The van der Waals surface area contributed by atoms with Crippen LogP contribution in [0.3, 0.4) is 0 Å². The Hall–Kier alpha value is -2.04. The maximum Gasteiger partial charge on any atom is 0.303 e. The van der Waals surface area contributed by atoms with Gasteiger partial charge in [-0.25, -0.2) is 0 Å². The fourth-order valence-corrected chi connectivity index (χ4v) is 2.79. The first-order valence-corrected chi connectivity index (χ1v) is 7.38. The fraction of sp³-hybridized carbons (Fsp3) is 0.500. The highest BCUT2D eigenvalue weighted by Gasteiger charge is 2.23. The summed E-state index contributed by atoms with van der Waals surface area (Å²) < 4.78 is 0. The number of amides is 1. The van der Waals surface area contributed by atoms with Crippen molar-refractivity contribution in [2.45, 2.75) is 32.1 Å². The van der Waals surface area contributed by atoms with Gasteiger partial charge in [-0.3, -0.25) is 9.59 Å². The molecule has 21 heavy (non-hydrogen) atoms. The summed E-state index contributed by atoms with van der Waals surface area (Å²) in [5.74, 6) is -0.190. The van der Waals surface area contributed by atoms with Crippen LogP contribution in [-0.4, -0.2) is 35.0 Å². The third-order valence-electron chi connectivity index (χ3n) is 4.04. The van der Waals surface area contributed by atoms with Gasteiger partial charge in [-0.1, -0.05) is 12.1 Å². The molecule has 5 nitrogen and oxygen atoms in total. The smallest absolute Gasteiger partial charge is 0.303 e. The van der Waals surface area contributed by atoms with Gasteiger partial charge in [0.25, 0.3) is 0 Å². The average molecular weight is 290 g/mol. The summed E-state index contributed by atoms with van der Waals surface area (Å²) in [7, 11) is 0. The number of hydrogen-bond acceptors (Lipinski definition) is 3. The van der Waals surface area contributed by atoms with Crippen LogP contribution in [-0.2, 0) is 16.0 Å². The molecule has 0 spiro atoms. The number of nitrogen functional groups attached to an aromatic ring is 1. The minimum Gasteiger partial charge on any atom is -0.481 e. The molecule has 1 saturated heterocycles. The molecule has 114 valence electrons. The monoisotopic (exact) mass is 290 g/mol. The summed E-state index contributed by atoms with van der Waals surface area (Å²) in [6.07, 6.45) is 3.12. The molecule has 5 heteroatoms. The van der Waals surface area contributed by atoms with Crippen LogP contribution in [0.5, 0.6) is 0 Å². The number of aliphatic carboxylic acids is 1. The van der Waals surface area contributed by atoms with Crippen molar-refractivity contribution in [1.29, 1.82) is 0 Å². The third-order valence-corrected chi connectivity index (χ3v) is 4.04. The minimum absolute atomic E-state index is 0.122. The summed E-state index contributed by atoms with van der Waals surface area (Å²) >= 11 is 0. The average Bonchev–Trinajstić information content (AvgIpc) is 2.45. The normalized spacial score (nSPS) is 15.9. The number of carbonyl (C=O) groups is 2. The number of hydrogen-bond donors (Lipinski definition) is 2. The van der Waals surface area contributed by atoms with Crippen LogP contribution in [0.4, 0.5) is 5.69 Å². The van der Waals surface area contributed by atoms with Gasteiger partial charge in [0.15, 0.2) is 0 Å². The molecule has 0 atom stereocenters. The van der Waals surface area contributed by atoms with Crippen molar-refractivity contribution < 1.29 is 14.7 Å². The van der Waals surface area contributed by atoms with Crippen molar-refractivity contribution in [2.75, 3.05) is 18.8 Å². The van der Waals surface area contributed by atoms with Gasteiger partial charge in [0, 0.05) is 25.2 Å². The van der Waals surface area contributed by atoms with E-state index >= 15 is 0 Å². The van der Waals surface area contributed by atoms with Crippen molar-refractivity contribution in [2.24, 2.45) is 5.92 Å². The van der Waals surface area contributed by atoms with E-state index in [4.69, 9.17) is 10.8 Å². The molecule has 1 aliphatic heterocycles. The van der Waals surface area contributed by atoms with Gasteiger partial charge in [0.1, 0.15) is 0 Å². The van der Waals surface area contributed by atoms with Crippen molar-refractivity contribution in [3.8, 4) is 0 Å². The Balaban J connectivity index is 1.79. The zero-order valence-electron chi connectivity index (χ0n) is 12.1. The summed E-state index contributed by atoms with van der Waals surface area (Å²) in [6, 6.07) is 7.41. The van der Waals surface area contributed by atoms with E-state index in [1.807, 2.05) is 29.2 Å². The molecule has 1 fully saturated rings. The first kappa shape index (κ1) is 15.4. The number of carboxylic acids is 1. The van der Waals surface area contributed by atoms with Crippen LogP contribution < -0.4 is 5.73 Å². The molecule has 1 aromatic carbocycles. The highest BCUT2D eigenvalue weighted by Crippen LogP contribution is 2.22. The molecule has 0 bridgehead atoms. The van der Waals surface area contributed by atoms with E-state index in [-0.39, 0.29) is 12.3 Å². The summed E-state index contributed by atoms with van der Waals surface area (Å²) in [5, 5.41) is 8.70. The maximum absolute atomic E-state index is 12.2. The van der Waals surface area contributed by atoms with Gasteiger partial charge in [-0.15, -0.1) is 0 Å². The summed E-state index contributed by atoms with van der Waals surface area (Å²) in [5.41, 5.74) is 7.33. The molecule has 1 aromatic rings. The number of anilines is 1. The Morgan fingerprint density at radius 3 is 2.62 bits per heavy atom. The lowest BCUT2D eigenvalue weighted by Gasteiger charge is -2.32. The largest absolute Gasteiger partial charge is 0.481 e. The summed E-state index contributed by atoms with van der Waals surface area (Å²) in [6.45, 7) is 1.46. The molecular formula is C16H22N2O3. The van der Waals surface area contributed by atoms with Gasteiger partial charge in [0.05, 0.1) is 6.42 Å². The zero-order chi connectivity index (χ0) is 15.2. The predicted octanol–water partition coefficient (Wildman–Crippen LogP) is 1.91. The molecule has 0 aliphatic carbocycles. The van der Waals surface area contributed by atoms with Crippen LogP contribution >= 0.6 is 0 Å². The Bertz CT molecular complexity index is 508. The van der Waals surface area contributed by atoms with Crippen LogP contribution in [0.25, 0.3) is 0 Å². The van der Waals surface area contributed by atoms with Crippen molar-refractivity contribution in [3.05, 3.63) is 29.8 Å². The van der Waals surface area contributed by atoms with E-state index in [1.54, 1.807) is 0 Å². The van der Waals surface area contributed by atoms with Gasteiger partial charge in [0.2, 0.25) is 5.91 Å². The molecule has 0 unspecified atom stereocenters. The molecule has 2 rings (SSSR count). The Morgan fingerprint density at radius 1 is 1.29 bits per heavy atom. The van der Waals surface area contributed by atoms with Crippen LogP contribution in [0.1, 0.15) is 31.2 Å². The number of nitrogens with zero attached hydrogens (tertiary/aromatic N) is 1.